The van der Waals surface area contributed by atoms with Gasteiger partial charge in [0.15, 0.2) is 0 Å². The standard InChI is InChI=1S/C16H17F3N2OS/c17-16(18,19)12-3-1-11(2-4-12)14-21-13(8-23-14)7-20-9-15(10-22)5-6-15/h1-4,8,20,22H,5-7,9-10H2. The van der Waals surface area contributed by atoms with Crippen LogP contribution in [0.5, 0.6) is 0 Å². The van der Waals surface area contributed by atoms with E-state index in [1.165, 1.54) is 23.5 Å². The van der Waals surface area contributed by atoms with Crippen molar-refractivity contribution >= 4 is 11.3 Å². The number of nitrogens with one attached hydrogen (secondary N) is 1. The smallest absolute Gasteiger partial charge is 0.396 e. The number of aromatic nitrogens is 1. The van der Waals surface area contributed by atoms with Crippen LogP contribution in [0.25, 0.3) is 10.6 Å². The van der Waals surface area contributed by atoms with Gasteiger partial charge < -0.3 is 10.4 Å². The molecule has 1 fully saturated rings. The number of hydrogen-bond donors (Lipinski definition) is 2. The van der Waals surface area contributed by atoms with Crippen LogP contribution < -0.4 is 5.32 Å². The van der Waals surface area contributed by atoms with Crippen molar-refractivity contribution in [1.29, 1.82) is 0 Å². The van der Waals surface area contributed by atoms with Gasteiger partial charge in [-0.05, 0) is 25.0 Å². The van der Waals surface area contributed by atoms with E-state index >= 15 is 0 Å². The molecule has 1 saturated carbocycles. The Morgan fingerprint density at radius 1 is 1.22 bits per heavy atom. The third kappa shape index (κ3) is 3.91. The summed E-state index contributed by atoms with van der Waals surface area (Å²) in [5.41, 5.74) is 0.937. The van der Waals surface area contributed by atoms with Gasteiger partial charge in [0.2, 0.25) is 0 Å². The lowest BCUT2D eigenvalue weighted by Crippen LogP contribution is -2.26. The van der Waals surface area contributed by atoms with Gasteiger partial charge in [0.05, 0.1) is 11.3 Å². The summed E-state index contributed by atoms with van der Waals surface area (Å²) in [4.78, 5) is 4.45. The number of hydrogen-bond acceptors (Lipinski definition) is 4. The normalized spacial score (nSPS) is 16.5. The van der Waals surface area contributed by atoms with Crippen molar-refractivity contribution in [3.05, 3.63) is 40.9 Å². The molecule has 0 bridgehead atoms. The molecule has 0 spiro atoms. The van der Waals surface area contributed by atoms with Crippen molar-refractivity contribution < 1.29 is 18.3 Å². The highest BCUT2D eigenvalue weighted by molar-refractivity contribution is 7.13. The van der Waals surface area contributed by atoms with Crippen molar-refractivity contribution in [2.75, 3.05) is 13.2 Å². The molecule has 0 aliphatic heterocycles. The van der Waals surface area contributed by atoms with Crippen LogP contribution in [0, 0.1) is 5.41 Å². The quantitative estimate of drug-likeness (QED) is 0.841. The first-order valence-electron chi connectivity index (χ1n) is 7.36. The zero-order valence-corrected chi connectivity index (χ0v) is 13.2. The molecule has 0 saturated heterocycles. The third-order valence-electron chi connectivity index (χ3n) is 4.11. The van der Waals surface area contributed by atoms with Gasteiger partial charge in [0.25, 0.3) is 0 Å². The van der Waals surface area contributed by atoms with Gasteiger partial charge in [-0.3, -0.25) is 0 Å². The van der Waals surface area contributed by atoms with E-state index in [9.17, 15) is 18.3 Å². The molecule has 1 aliphatic rings. The molecule has 0 unspecified atom stereocenters. The van der Waals surface area contributed by atoms with Crippen LogP contribution >= 0.6 is 11.3 Å². The summed E-state index contributed by atoms with van der Waals surface area (Å²) in [6.45, 7) is 1.56. The van der Waals surface area contributed by atoms with Crippen LogP contribution in [-0.4, -0.2) is 23.2 Å². The highest BCUT2D eigenvalue weighted by Gasteiger charge is 2.41. The molecule has 7 heteroatoms. The van der Waals surface area contributed by atoms with Crippen molar-refractivity contribution in [3.8, 4) is 10.6 Å². The molecule has 0 amide bonds. The molecular weight excluding hydrogens is 325 g/mol. The minimum Gasteiger partial charge on any atom is -0.396 e. The van der Waals surface area contributed by atoms with Crippen LogP contribution in [-0.2, 0) is 12.7 Å². The average Bonchev–Trinajstić information content (AvgIpc) is 3.15. The van der Waals surface area contributed by atoms with Gasteiger partial charge in [0.1, 0.15) is 5.01 Å². The molecule has 23 heavy (non-hydrogen) atoms. The third-order valence-corrected chi connectivity index (χ3v) is 5.05. The van der Waals surface area contributed by atoms with E-state index in [1.807, 2.05) is 5.38 Å². The molecule has 2 aromatic rings. The van der Waals surface area contributed by atoms with Crippen LogP contribution in [0.3, 0.4) is 0 Å². The Labute approximate surface area is 136 Å². The number of rotatable bonds is 6. The Morgan fingerprint density at radius 2 is 1.91 bits per heavy atom. The Hall–Kier alpha value is -1.44. The van der Waals surface area contributed by atoms with Gasteiger partial charge >= 0.3 is 6.18 Å². The topological polar surface area (TPSA) is 45.1 Å². The zero-order chi connectivity index (χ0) is 16.5. The molecule has 1 aromatic carbocycles. The summed E-state index contributed by atoms with van der Waals surface area (Å²) >= 11 is 1.41. The minimum absolute atomic E-state index is 0.0479. The van der Waals surface area contributed by atoms with Gasteiger partial charge in [-0.2, -0.15) is 13.2 Å². The summed E-state index contributed by atoms with van der Waals surface area (Å²) < 4.78 is 37.7. The van der Waals surface area contributed by atoms with Gasteiger partial charge in [0, 0.05) is 36.1 Å². The predicted molar refractivity (Wildman–Crippen MR) is 83.0 cm³/mol. The summed E-state index contributed by atoms with van der Waals surface area (Å²) in [7, 11) is 0. The Morgan fingerprint density at radius 3 is 2.48 bits per heavy atom. The van der Waals surface area contributed by atoms with Crippen LogP contribution in [0.2, 0.25) is 0 Å². The second kappa shape index (κ2) is 6.22. The fraction of sp³-hybridized carbons (Fsp3) is 0.438. The number of aliphatic hydroxyl groups is 1. The highest BCUT2D eigenvalue weighted by Crippen LogP contribution is 2.44. The first kappa shape index (κ1) is 16.4. The Kier molecular flexibility index (Phi) is 4.44. The van der Waals surface area contributed by atoms with Crippen LogP contribution in [0.4, 0.5) is 13.2 Å². The molecule has 0 atom stereocenters. The van der Waals surface area contributed by atoms with E-state index < -0.39 is 11.7 Å². The van der Waals surface area contributed by atoms with E-state index in [1.54, 1.807) is 0 Å². The summed E-state index contributed by atoms with van der Waals surface area (Å²) in [5, 5.41) is 15.1. The average molecular weight is 342 g/mol. The number of halogens is 3. The maximum absolute atomic E-state index is 12.6. The Bertz CT molecular complexity index is 663. The summed E-state index contributed by atoms with van der Waals surface area (Å²) in [6.07, 6.45) is -2.23. The number of nitrogens with zero attached hydrogens (tertiary/aromatic N) is 1. The lowest BCUT2D eigenvalue weighted by Gasteiger charge is -2.11. The maximum atomic E-state index is 12.6. The van der Waals surface area contributed by atoms with Gasteiger partial charge in [-0.25, -0.2) is 4.98 Å². The summed E-state index contributed by atoms with van der Waals surface area (Å²) in [5.74, 6) is 0. The van der Waals surface area contributed by atoms with E-state index in [0.717, 1.165) is 37.2 Å². The monoisotopic (exact) mass is 342 g/mol. The van der Waals surface area contributed by atoms with Crippen LogP contribution in [0.1, 0.15) is 24.1 Å². The second-order valence-corrected chi connectivity index (χ2v) is 6.84. The highest BCUT2D eigenvalue weighted by atomic mass is 32.1. The molecule has 2 N–H and O–H groups in total. The van der Waals surface area contributed by atoms with E-state index in [0.29, 0.717) is 17.1 Å². The molecular formula is C16H17F3N2OS. The van der Waals surface area contributed by atoms with Crippen LogP contribution in [0.15, 0.2) is 29.6 Å². The molecule has 1 aromatic heterocycles. The van der Waals surface area contributed by atoms with E-state index in [2.05, 4.69) is 10.3 Å². The van der Waals surface area contributed by atoms with Crippen molar-refractivity contribution in [3.63, 3.8) is 0 Å². The van der Waals surface area contributed by atoms with Gasteiger partial charge in [-0.15, -0.1) is 11.3 Å². The maximum Gasteiger partial charge on any atom is 0.416 e. The SMILES string of the molecule is OCC1(CNCc2csc(-c3ccc(C(F)(F)F)cc3)n2)CC1. The lowest BCUT2D eigenvalue weighted by atomic mass is 10.1. The lowest BCUT2D eigenvalue weighted by molar-refractivity contribution is -0.137. The van der Waals surface area contributed by atoms with E-state index in [-0.39, 0.29) is 12.0 Å². The zero-order valence-electron chi connectivity index (χ0n) is 12.4. The first-order chi connectivity index (χ1) is 10.9. The number of benzene rings is 1. The molecule has 3 nitrogen and oxygen atoms in total. The van der Waals surface area contributed by atoms with Crippen molar-refractivity contribution in [2.24, 2.45) is 5.41 Å². The number of aliphatic hydroxyl groups excluding tert-OH is 1. The Balaban J connectivity index is 1.60. The molecule has 124 valence electrons. The largest absolute Gasteiger partial charge is 0.416 e. The molecule has 1 heterocycles. The number of alkyl halides is 3. The first-order valence-corrected chi connectivity index (χ1v) is 8.23. The molecule has 1 aliphatic carbocycles. The predicted octanol–water partition coefficient (Wildman–Crippen LogP) is 3.69. The minimum atomic E-state index is -4.32. The fourth-order valence-corrected chi connectivity index (χ4v) is 3.17. The van der Waals surface area contributed by atoms with Gasteiger partial charge in [-0.1, -0.05) is 12.1 Å². The number of thiazole rings is 1. The summed E-state index contributed by atoms with van der Waals surface area (Å²) in [6, 6.07) is 5.05. The fourth-order valence-electron chi connectivity index (χ4n) is 2.35. The second-order valence-electron chi connectivity index (χ2n) is 5.98. The molecule has 0 radical (unpaired) electrons. The van der Waals surface area contributed by atoms with E-state index in [4.69, 9.17) is 0 Å². The van der Waals surface area contributed by atoms with Crippen molar-refractivity contribution in [1.82, 2.24) is 10.3 Å². The molecule has 3 rings (SSSR count). The van der Waals surface area contributed by atoms with Crippen molar-refractivity contribution in [2.45, 2.75) is 25.6 Å².